The molecule has 1 aliphatic heterocycles. The maximum absolute atomic E-state index is 12.0. The highest BCUT2D eigenvalue weighted by Gasteiger charge is 2.37. The fourth-order valence-electron chi connectivity index (χ4n) is 1.93. The first-order valence-electron chi connectivity index (χ1n) is 4.73. The summed E-state index contributed by atoms with van der Waals surface area (Å²) in [4.78, 5) is 0.398. The smallest absolute Gasteiger partial charge is 0.183 e. The Hall–Kier alpha value is -0.580. The Kier molecular flexibility index (Phi) is 2.75. The van der Waals surface area contributed by atoms with E-state index in [1.165, 1.54) is 0 Å². The Labute approximate surface area is 94.4 Å². The van der Waals surface area contributed by atoms with Crippen LogP contribution in [0.25, 0.3) is 0 Å². The van der Waals surface area contributed by atoms with Gasteiger partial charge in [0.15, 0.2) is 9.84 Å². The molecule has 1 aromatic rings. The maximum Gasteiger partial charge on any atom is 0.183 e. The fraction of sp³-hybridized carbons (Fsp3) is 0.400. The molecule has 1 aromatic carbocycles. The van der Waals surface area contributed by atoms with Crippen molar-refractivity contribution in [3.63, 3.8) is 0 Å². The highest BCUT2D eigenvalue weighted by atomic mass is 35.5. The zero-order valence-electron chi connectivity index (χ0n) is 8.33. The highest BCUT2D eigenvalue weighted by Crippen LogP contribution is 2.35. The third-order valence-electron chi connectivity index (χ3n) is 2.68. The van der Waals surface area contributed by atoms with Gasteiger partial charge in [-0.2, -0.15) is 0 Å². The van der Waals surface area contributed by atoms with Crippen molar-refractivity contribution in [1.29, 1.82) is 0 Å². The predicted octanol–water partition coefficient (Wildman–Crippen LogP) is 1.26. The summed E-state index contributed by atoms with van der Waals surface area (Å²) in [5.74, 6) is 0. The summed E-state index contributed by atoms with van der Waals surface area (Å²) in [5.41, 5.74) is 0.763. The van der Waals surface area contributed by atoms with Gasteiger partial charge in [-0.1, -0.05) is 17.7 Å². The van der Waals surface area contributed by atoms with Crippen molar-refractivity contribution >= 4 is 21.4 Å². The molecule has 82 valence electrons. The van der Waals surface area contributed by atoms with Gasteiger partial charge in [0, 0.05) is 11.6 Å². The van der Waals surface area contributed by atoms with Gasteiger partial charge in [-0.3, -0.25) is 0 Å². The summed E-state index contributed by atoms with van der Waals surface area (Å²) in [6.45, 7) is 0.466. The number of halogens is 1. The maximum atomic E-state index is 12.0. The van der Waals surface area contributed by atoms with Crippen molar-refractivity contribution < 1.29 is 8.42 Å². The molecule has 0 bridgehead atoms. The Morgan fingerprint density at radius 1 is 1.53 bits per heavy atom. The zero-order valence-corrected chi connectivity index (χ0v) is 9.90. The molecule has 0 radical (unpaired) electrons. The van der Waals surface area contributed by atoms with E-state index in [4.69, 9.17) is 11.6 Å². The standard InChI is InChI=1S/C10H12ClNO2S/c1-12-6-7-5-8-9(11)3-2-4-10(8)15(7,13)14/h2-4,7,12H,5-6H2,1H3. The van der Waals surface area contributed by atoms with E-state index < -0.39 is 9.84 Å². The van der Waals surface area contributed by atoms with E-state index in [2.05, 4.69) is 5.32 Å². The molecular formula is C10H12ClNO2S. The average molecular weight is 246 g/mol. The van der Waals surface area contributed by atoms with Gasteiger partial charge >= 0.3 is 0 Å². The monoisotopic (exact) mass is 245 g/mol. The van der Waals surface area contributed by atoms with Crippen LogP contribution in [0.5, 0.6) is 0 Å². The van der Waals surface area contributed by atoms with Gasteiger partial charge in [0.2, 0.25) is 0 Å². The van der Waals surface area contributed by atoms with E-state index in [1.807, 2.05) is 0 Å². The molecule has 5 heteroatoms. The van der Waals surface area contributed by atoms with Crippen molar-refractivity contribution in [1.82, 2.24) is 5.32 Å². The molecule has 1 heterocycles. The average Bonchev–Trinajstić information content (AvgIpc) is 2.43. The number of nitrogens with one attached hydrogen (secondary N) is 1. The second-order valence-electron chi connectivity index (χ2n) is 3.65. The van der Waals surface area contributed by atoms with Crippen LogP contribution in [0.2, 0.25) is 5.02 Å². The Morgan fingerprint density at radius 2 is 2.27 bits per heavy atom. The second-order valence-corrected chi connectivity index (χ2v) is 6.25. The summed E-state index contributed by atoms with van der Waals surface area (Å²) >= 11 is 5.98. The van der Waals surface area contributed by atoms with Crippen LogP contribution in [0, 0.1) is 0 Å². The molecule has 0 aromatic heterocycles. The largest absolute Gasteiger partial charge is 0.318 e. The van der Waals surface area contributed by atoms with Crippen LogP contribution in [0.4, 0.5) is 0 Å². The summed E-state index contributed by atoms with van der Waals surface area (Å²) < 4.78 is 24.1. The molecule has 1 unspecified atom stereocenters. The highest BCUT2D eigenvalue weighted by molar-refractivity contribution is 7.92. The number of fused-ring (bicyclic) bond motifs is 1. The predicted molar refractivity (Wildman–Crippen MR) is 60.1 cm³/mol. The molecular weight excluding hydrogens is 234 g/mol. The number of hydrogen-bond acceptors (Lipinski definition) is 3. The molecule has 1 N–H and O–H groups in total. The zero-order chi connectivity index (χ0) is 11.1. The first kappa shape index (κ1) is 10.9. The van der Waals surface area contributed by atoms with Gasteiger partial charge in [-0.25, -0.2) is 8.42 Å². The lowest BCUT2D eigenvalue weighted by Gasteiger charge is -2.07. The van der Waals surface area contributed by atoms with Crippen LogP contribution in [0.1, 0.15) is 5.56 Å². The van der Waals surface area contributed by atoms with Gasteiger partial charge in [0.1, 0.15) is 0 Å². The quantitative estimate of drug-likeness (QED) is 0.853. The molecule has 3 nitrogen and oxygen atoms in total. The summed E-state index contributed by atoms with van der Waals surface area (Å²) in [6.07, 6.45) is 0.512. The molecule has 0 saturated carbocycles. The van der Waals surface area contributed by atoms with Gasteiger partial charge in [0.05, 0.1) is 10.1 Å². The lowest BCUT2D eigenvalue weighted by atomic mass is 10.1. The first-order valence-corrected chi connectivity index (χ1v) is 6.65. The Morgan fingerprint density at radius 3 is 2.87 bits per heavy atom. The number of benzene rings is 1. The molecule has 0 fully saturated rings. The van der Waals surface area contributed by atoms with Crippen LogP contribution in [-0.4, -0.2) is 27.3 Å². The lowest BCUT2D eigenvalue weighted by Crippen LogP contribution is -2.29. The minimum absolute atomic E-state index is 0.377. The Balaban J connectivity index is 2.52. The van der Waals surface area contributed by atoms with Crippen LogP contribution in [0.15, 0.2) is 23.1 Å². The molecule has 0 spiro atoms. The molecule has 15 heavy (non-hydrogen) atoms. The molecule has 1 aliphatic rings. The van der Waals surface area contributed by atoms with Crippen LogP contribution in [0.3, 0.4) is 0 Å². The topological polar surface area (TPSA) is 46.2 Å². The normalized spacial score (nSPS) is 22.7. The number of rotatable bonds is 2. The fourth-order valence-corrected chi connectivity index (χ4v) is 4.17. The van der Waals surface area contributed by atoms with Crippen molar-refractivity contribution in [3.8, 4) is 0 Å². The van der Waals surface area contributed by atoms with E-state index in [1.54, 1.807) is 25.2 Å². The second kappa shape index (κ2) is 3.77. The van der Waals surface area contributed by atoms with Gasteiger partial charge in [-0.05, 0) is 31.2 Å². The van der Waals surface area contributed by atoms with E-state index in [-0.39, 0.29) is 5.25 Å². The van der Waals surface area contributed by atoms with Crippen molar-refractivity contribution in [3.05, 3.63) is 28.8 Å². The van der Waals surface area contributed by atoms with Gasteiger partial charge in [-0.15, -0.1) is 0 Å². The van der Waals surface area contributed by atoms with Gasteiger partial charge < -0.3 is 5.32 Å². The summed E-state index contributed by atoms with van der Waals surface area (Å²) in [5, 5.41) is 3.07. The van der Waals surface area contributed by atoms with Crippen molar-refractivity contribution in [2.24, 2.45) is 0 Å². The van der Waals surface area contributed by atoms with E-state index in [0.717, 1.165) is 5.56 Å². The molecule has 1 atom stereocenters. The van der Waals surface area contributed by atoms with Crippen LogP contribution in [-0.2, 0) is 16.3 Å². The first-order chi connectivity index (χ1) is 7.07. The van der Waals surface area contributed by atoms with E-state index >= 15 is 0 Å². The molecule has 2 rings (SSSR count). The minimum atomic E-state index is -3.18. The summed E-state index contributed by atoms with van der Waals surface area (Å²) in [6, 6.07) is 5.05. The SMILES string of the molecule is CNCC1Cc2c(Cl)cccc2S1(=O)=O. The third-order valence-corrected chi connectivity index (χ3v) is 5.25. The van der Waals surface area contributed by atoms with E-state index in [9.17, 15) is 8.42 Å². The molecule has 0 amide bonds. The van der Waals surface area contributed by atoms with Crippen molar-refractivity contribution in [2.45, 2.75) is 16.6 Å². The van der Waals surface area contributed by atoms with Gasteiger partial charge in [0.25, 0.3) is 0 Å². The number of hydrogen-bond donors (Lipinski definition) is 1. The number of sulfone groups is 1. The van der Waals surface area contributed by atoms with Crippen LogP contribution >= 0.6 is 11.6 Å². The minimum Gasteiger partial charge on any atom is -0.318 e. The van der Waals surface area contributed by atoms with E-state index in [0.29, 0.717) is 22.9 Å². The molecule has 0 aliphatic carbocycles. The summed E-state index contributed by atoms with van der Waals surface area (Å²) in [7, 11) is -1.43. The Bertz CT molecular complexity index is 484. The van der Waals surface area contributed by atoms with Crippen molar-refractivity contribution in [2.75, 3.05) is 13.6 Å². The third kappa shape index (κ3) is 1.67. The lowest BCUT2D eigenvalue weighted by molar-refractivity contribution is 0.581. The molecule has 0 saturated heterocycles. The van der Waals surface area contributed by atoms with Crippen LogP contribution < -0.4 is 5.32 Å².